The van der Waals surface area contributed by atoms with Crippen LogP contribution in [-0.2, 0) is 9.47 Å². The molecule has 0 aliphatic heterocycles. The molecule has 0 aliphatic carbocycles. The summed E-state index contributed by atoms with van der Waals surface area (Å²) in [7, 11) is 3.03. The summed E-state index contributed by atoms with van der Waals surface area (Å²) >= 11 is 0.970. The fourth-order valence-corrected chi connectivity index (χ4v) is 1.26. The van der Waals surface area contributed by atoms with Crippen LogP contribution in [0.3, 0.4) is 0 Å². The van der Waals surface area contributed by atoms with E-state index in [9.17, 15) is 0 Å². The third-order valence-corrected chi connectivity index (χ3v) is 2.25. The lowest BCUT2D eigenvalue weighted by Crippen LogP contribution is -2.28. The highest BCUT2D eigenvalue weighted by atomic mass is 32.2. The molecule has 63 valence electrons. The predicted octanol–water partition coefficient (Wildman–Crippen LogP) is 1.76. The molecule has 0 fully saturated rings. The Bertz CT molecular complexity index is 140. The molecule has 0 saturated carbocycles. The largest absolute Gasteiger partial charge is 0.344 e. The molecule has 0 aliphatic rings. The van der Waals surface area contributed by atoms with Crippen LogP contribution in [0.4, 0.5) is 0 Å². The number of nitrogens with zero attached hydrogens (tertiary/aromatic N) is 1. The molecule has 0 N–H and O–H groups in total. The van der Waals surface area contributed by atoms with E-state index in [-0.39, 0.29) is 0 Å². The first-order valence-corrected chi connectivity index (χ1v) is 4.03. The molecule has 3 nitrogen and oxygen atoms in total. The molecule has 0 aromatic rings. The van der Waals surface area contributed by atoms with Gasteiger partial charge in [0.15, 0.2) is 0 Å². The van der Waals surface area contributed by atoms with Gasteiger partial charge in [0.25, 0.3) is 0 Å². The molecular formula is C7H12NO2S. The van der Waals surface area contributed by atoms with Crippen molar-refractivity contribution in [3.05, 3.63) is 6.92 Å². The maximum Gasteiger partial charge on any atom is 0.231 e. The van der Waals surface area contributed by atoms with Crippen LogP contribution in [0.2, 0.25) is 0 Å². The summed E-state index contributed by atoms with van der Waals surface area (Å²) in [5.41, 5.74) is 0. The van der Waals surface area contributed by atoms with Crippen molar-refractivity contribution in [2.75, 3.05) is 14.2 Å². The Kier molecular flexibility index (Phi) is 5.30. The zero-order valence-electron chi connectivity index (χ0n) is 6.79. The summed E-state index contributed by atoms with van der Waals surface area (Å²) in [6.45, 7) is 3.67. The highest BCUT2D eigenvalue weighted by Gasteiger charge is 2.29. The van der Waals surface area contributed by atoms with Crippen molar-refractivity contribution >= 4 is 11.8 Å². The van der Waals surface area contributed by atoms with Gasteiger partial charge in [-0.05, 0) is 6.42 Å². The SMILES string of the molecule is [CH2]CCC(OC)(OC)SC#N. The van der Waals surface area contributed by atoms with Gasteiger partial charge in [-0.15, -0.1) is 0 Å². The van der Waals surface area contributed by atoms with Crippen molar-refractivity contribution < 1.29 is 9.47 Å². The second kappa shape index (κ2) is 5.42. The fourth-order valence-electron chi connectivity index (χ4n) is 0.708. The lowest BCUT2D eigenvalue weighted by Gasteiger charge is -2.26. The normalized spacial score (nSPS) is 11.1. The van der Waals surface area contributed by atoms with E-state index in [1.54, 1.807) is 0 Å². The molecule has 0 spiro atoms. The third kappa shape index (κ3) is 3.10. The van der Waals surface area contributed by atoms with Gasteiger partial charge in [-0.2, -0.15) is 5.26 Å². The van der Waals surface area contributed by atoms with Crippen LogP contribution in [0.1, 0.15) is 12.8 Å². The first-order chi connectivity index (χ1) is 5.24. The van der Waals surface area contributed by atoms with E-state index in [0.29, 0.717) is 12.8 Å². The number of ether oxygens (including phenoxy) is 2. The van der Waals surface area contributed by atoms with Crippen molar-refractivity contribution in [2.24, 2.45) is 0 Å². The highest BCUT2D eigenvalue weighted by Crippen LogP contribution is 2.30. The van der Waals surface area contributed by atoms with E-state index < -0.39 is 5.12 Å². The third-order valence-electron chi connectivity index (χ3n) is 1.31. The Hall–Kier alpha value is -0.240. The van der Waals surface area contributed by atoms with Gasteiger partial charge in [-0.25, -0.2) is 0 Å². The monoisotopic (exact) mass is 174 g/mol. The van der Waals surface area contributed by atoms with Gasteiger partial charge < -0.3 is 9.47 Å². The topological polar surface area (TPSA) is 42.2 Å². The quantitative estimate of drug-likeness (QED) is 0.470. The second-order valence-corrected chi connectivity index (χ2v) is 2.90. The molecule has 0 unspecified atom stereocenters. The minimum absolute atomic E-state index is 0.609. The Morgan fingerprint density at radius 3 is 2.36 bits per heavy atom. The summed E-state index contributed by atoms with van der Waals surface area (Å²) < 4.78 is 10.1. The summed E-state index contributed by atoms with van der Waals surface area (Å²) in [5.74, 6) is 0. The lowest BCUT2D eigenvalue weighted by atomic mass is 10.3. The molecule has 0 aromatic carbocycles. The fraction of sp³-hybridized carbons (Fsp3) is 0.714. The summed E-state index contributed by atoms with van der Waals surface area (Å²) in [6, 6.07) is 0. The van der Waals surface area contributed by atoms with Crippen LogP contribution in [0.25, 0.3) is 0 Å². The highest BCUT2D eigenvalue weighted by molar-refractivity contribution is 8.04. The molecule has 4 heteroatoms. The molecule has 0 aromatic heterocycles. The Balaban J connectivity index is 4.10. The molecule has 0 saturated heterocycles. The second-order valence-electron chi connectivity index (χ2n) is 1.89. The molecule has 0 atom stereocenters. The van der Waals surface area contributed by atoms with E-state index in [1.807, 2.05) is 5.40 Å². The molecule has 0 rings (SSSR count). The van der Waals surface area contributed by atoms with Crippen molar-refractivity contribution in [1.82, 2.24) is 0 Å². The van der Waals surface area contributed by atoms with E-state index in [4.69, 9.17) is 14.7 Å². The maximum absolute atomic E-state index is 8.42. The van der Waals surface area contributed by atoms with Gasteiger partial charge >= 0.3 is 0 Å². The number of methoxy groups -OCH3 is 2. The van der Waals surface area contributed by atoms with Gasteiger partial charge in [-0.1, -0.05) is 6.92 Å². The first-order valence-electron chi connectivity index (χ1n) is 3.21. The lowest BCUT2D eigenvalue weighted by molar-refractivity contribution is -0.136. The molecular weight excluding hydrogens is 162 g/mol. The zero-order valence-corrected chi connectivity index (χ0v) is 7.61. The number of nitriles is 1. The average Bonchev–Trinajstić information content (AvgIpc) is 2.04. The van der Waals surface area contributed by atoms with E-state index in [0.717, 1.165) is 11.8 Å². The van der Waals surface area contributed by atoms with Crippen LogP contribution in [-0.4, -0.2) is 19.3 Å². The molecule has 11 heavy (non-hydrogen) atoms. The van der Waals surface area contributed by atoms with Crippen molar-refractivity contribution in [3.63, 3.8) is 0 Å². The molecule has 0 bridgehead atoms. The number of thiocyanates is 1. The Morgan fingerprint density at radius 1 is 1.55 bits per heavy atom. The standard InChI is InChI=1S/C7H12NO2S/c1-4-5-7(9-2,10-3)11-6-8/h1,4-5H2,2-3H3. The minimum atomic E-state index is -0.823. The number of hydrogen-bond acceptors (Lipinski definition) is 4. The van der Waals surface area contributed by atoms with Gasteiger partial charge in [0.05, 0.1) is 0 Å². The van der Waals surface area contributed by atoms with Crippen LogP contribution in [0.15, 0.2) is 0 Å². The summed E-state index contributed by atoms with van der Waals surface area (Å²) in [6.07, 6.45) is 1.29. The van der Waals surface area contributed by atoms with Gasteiger partial charge in [0.1, 0.15) is 5.40 Å². The molecule has 0 amide bonds. The van der Waals surface area contributed by atoms with Crippen molar-refractivity contribution in [2.45, 2.75) is 18.0 Å². The zero-order chi connectivity index (χ0) is 8.74. The van der Waals surface area contributed by atoms with Crippen LogP contribution in [0, 0.1) is 17.6 Å². The van der Waals surface area contributed by atoms with E-state index >= 15 is 0 Å². The maximum atomic E-state index is 8.42. The summed E-state index contributed by atoms with van der Waals surface area (Å²) in [5, 5.41) is 9.53. The molecule has 1 radical (unpaired) electrons. The molecule has 0 heterocycles. The van der Waals surface area contributed by atoms with Gasteiger partial charge in [0, 0.05) is 32.4 Å². The predicted molar refractivity (Wildman–Crippen MR) is 44.5 cm³/mol. The summed E-state index contributed by atoms with van der Waals surface area (Å²) in [4.78, 5) is 0. The Labute approximate surface area is 71.7 Å². The van der Waals surface area contributed by atoms with Crippen molar-refractivity contribution in [3.8, 4) is 5.40 Å². The van der Waals surface area contributed by atoms with Gasteiger partial charge in [-0.3, -0.25) is 0 Å². The minimum Gasteiger partial charge on any atom is -0.344 e. The van der Waals surface area contributed by atoms with Crippen LogP contribution in [0.5, 0.6) is 0 Å². The average molecular weight is 174 g/mol. The number of rotatable bonds is 5. The Morgan fingerprint density at radius 2 is 2.09 bits per heavy atom. The number of thioether (sulfide) groups is 1. The van der Waals surface area contributed by atoms with Gasteiger partial charge in [0.2, 0.25) is 5.12 Å². The van der Waals surface area contributed by atoms with Crippen molar-refractivity contribution in [1.29, 1.82) is 5.26 Å². The van der Waals surface area contributed by atoms with Crippen LogP contribution >= 0.6 is 11.8 Å². The number of hydrogen-bond donors (Lipinski definition) is 0. The van der Waals surface area contributed by atoms with E-state index in [1.165, 1.54) is 14.2 Å². The van der Waals surface area contributed by atoms with E-state index in [2.05, 4.69) is 6.92 Å². The first kappa shape index (κ1) is 10.8. The van der Waals surface area contributed by atoms with Crippen LogP contribution < -0.4 is 0 Å². The smallest absolute Gasteiger partial charge is 0.231 e.